The van der Waals surface area contributed by atoms with Crippen molar-refractivity contribution in [3.8, 4) is 28.6 Å². The van der Waals surface area contributed by atoms with Crippen LogP contribution in [0.2, 0.25) is 0 Å². The van der Waals surface area contributed by atoms with Crippen LogP contribution in [-0.2, 0) is 12.5 Å². The zero-order valence-corrected chi connectivity index (χ0v) is 27.0. The zero-order chi connectivity index (χ0) is 31.8. The minimum absolute atomic E-state index is 0.0214. The van der Waals surface area contributed by atoms with E-state index >= 15 is 0 Å². The topological polar surface area (TPSA) is 57.8 Å². The number of aryl methyl sites for hydroxylation is 1. The molecule has 0 saturated heterocycles. The van der Waals surface area contributed by atoms with Crippen molar-refractivity contribution in [2.24, 2.45) is 30.7 Å². The maximum absolute atomic E-state index is 6.51. The van der Waals surface area contributed by atoms with E-state index in [0.717, 1.165) is 51.4 Å². The normalized spacial score (nSPS) is 24.4. The minimum atomic E-state index is 0.0214. The maximum atomic E-state index is 6.51. The molecule has 7 aromatic rings. The van der Waals surface area contributed by atoms with Gasteiger partial charge < -0.3 is 4.74 Å². The Morgan fingerprint density at radius 1 is 0.667 bits per heavy atom. The fourth-order valence-electron chi connectivity index (χ4n) is 10.1. The second-order valence-electron chi connectivity index (χ2n) is 14.4. The lowest BCUT2D eigenvalue weighted by Crippen LogP contribution is -2.56. The highest BCUT2D eigenvalue weighted by Gasteiger charge is 2.58. The molecule has 236 valence electrons. The molecule has 0 amide bonds. The highest BCUT2D eigenvalue weighted by molar-refractivity contribution is 6.09. The Hall–Kier alpha value is -5.23. The Morgan fingerprint density at radius 2 is 1.42 bits per heavy atom. The fraction of sp³-hybridized carbons (Fsp3) is 0.262. The highest BCUT2D eigenvalue weighted by Crippen LogP contribution is 2.65. The predicted molar refractivity (Wildman–Crippen MR) is 189 cm³/mol. The largest absolute Gasteiger partial charge is 0.457 e. The molecule has 0 aliphatic heterocycles. The standard InChI is InChI=1S/C42H37N5O/c1-46-26-38(44-45-46)29-8-7-11-34(23-29)48-35-14-15-37-36-12-5-6-13-39(36)47(40(37)25-35)41-24-31(16-17-43-41)42(30-9-3-2-4-10-30)32-19-27-18-28(21-32)22-33(42)20-27/h2-17,23-28,32-33H,18-22H2,1H3. The van der Waals surface area contributed by atoms with E-state index in [-0.39, 0.29) is 5.41 Å². The molecular formula is C42H37N5O. The summed E-state index contributed by atoms with van der Waals surface area (Å²) >= 11 is 0. The molecule has 6 heteroatoms. The molecule has 4 bridgehead atoms. The molecule has 6 nitrogen and oxygen atoms in total. The number of rotatable bonds is 6. The first kappa shape index (κ1) is 27.8. The number of fused-ring (bicyclic) bond motifs is 3. The van der Waals surface area contributed by atoms with E-state index in [0.29, 0.717) is 11.8 Å². The van der Waals surface area contributed by atoms with E-state index in [2.05, 4.69) is 106 Å². The molecule has 4 aromatic carbocycles. The van der Waals surface area contributed by atoms with Crippen molar-refractivity contribution in [3.63, 3.8) is 0 Å². The number of aromatic nitrogens is 5. The smallest absolute Gasteiger partial charge is 0.137 e. The Balaban J connectivity index is 1.11. The van der Waals surface area contributed by atoms with Gasteiger partial charge >= 0.3 is 0 Å². The zero-order valence-electron chi connectivity index (χ0n) is 27.0. The van der Waals surface area contributed by atoms with Gasteiger partial charge in [0.15, 0.2) is 0 Å². The van der Waals surface area contributed by atoms with Gasteiger partial charge in [0.05, 0.1) is 17.2 Å². The molecule has 4 fully saturated rings. The number of pyridine rings is 1. The van der Waals surface area contributed by atoms with Crippen LogP contribution in [0.3, 0.4) is 0 Å². The molecule has 4 saturated carbocycles. The number of benzene rings is 4. The van der Waals surface area contributed by atoms with Crippen LogP contribution in [0, 0.1) is 23.7 Å². The van der Waals surface area contributed by atoms with Gasteiger partial charge in [0.2, 0.25) is 0 Å². The molecule has 3 aromatic heterocycles. The summed E-state index contributed by atoms with van der Waals surface area (Å²) in [5.41, 5.74) is 6.95. The Bertz CT molecular complexity index is 2290. The summed E-state index contributed by atoms with van der Waals surface area (Å²) in [6.07, 6.45) is 10.8. The van der Waals surface area contributed by atoms with Crippen molar-refractivity contribution in [2.45, 2.75) is 37.5 Å². The molecule has 3 heterocycles. The molecular weight excluding hydrogens is 590 g/mol. The average Bonchev–Trinajstić information content (AvgIpc) is 3.70. The molecule has 0 atom stereocenters. The predicted octanol–water partition coefficient (Wildman–Crippen LogP) is 9.51. The average molecular weight is 628 g/mol. The van der Waals surface area contributed by atoms with E-state index in [4.69, 9.17) is 9.72 Å². The first-order valence-corrected chi connectivity index (χ1v) is 17.3. The number of ether oxygens (including phenoxy) is 1. The molecule has 0 radical (unpaired) electrons. The second-order valence-corrected chi connectivity index (χ2v) is 14.4. The van der Waals surface area contributed by atoms with Crippen molar-refractivity contribution in [3.05, 3.63) is 133 Å². The van der Waals surface area contributed by atoms with Crippen molar-refractivity contribution in [2.75, 3.05) is 0 Å². The van der Waals surface area contributed by atoms with Crippen molar-refractivity contribution < 1.29 is 4.74 Å². The summed E-state index contributed by atoms with van der Waals surface area (Å²) < 4.78 is 10.6. The van der Waals surface area contributed by atoms with E-state index in [1.807, 2.05) is 37.5 Å². The SMILES string of the molecule is Cn1cc(-c2cccc(Oc3ccc4c5ccccc5n(-c5cc(C6(c7ccccc7)C7CC8CC(C7)CC6C8)ccn5)c4c3)c2)nn1. The molecule has 0 unspecified atom stereocenters. The van der Waals surface area contributed by atoms with E-state index in [9.17, 15) is 0 Å². The van der Waals surface area contributed by atoms with Gasteiger partial charge in [0.25, 0.3) is 0 Å². The summed E-state index contributed by atoms with van der Waals surface area (Å²) in [7, 11) is 1.88. The second kappa shape index (κ2) is 10.6. The summed E-state index contributed by atoms with van der Waals surface area (Å²) in [5.74, 6) is 5.62. The first-order valence-electron chi connectivity index (χ1n) is 17.3. The maximum Gasteiger partial charge on any atom is 0.137 e. The molecule has 4 aliphatic rings. The van der Waals surface area contributed by atoms with E-state index in [1.54, 1.807) is 4.68 Å². The van der Waals surface area contributed by atoms with Crippen LogP contribution in [0.1, 0.15) is 43.2 Å². The lowest BCUT2D eigenvalue weighted by molar-refractivity contribution is -0.0418. The number of hydrogen-bond donors (Lipinski definition) is 0. The monoisotopic (exact) mass is 627 g/mol. The van der Waals surface area contributed by atoms with E-state index in [1.165, 1.54) is 54.0 Å². The third-order valence-electron chi connectivity index (χ3n) is 11.7. The van der Waals surface area contributed by atoms with Gasteiger partial charge in [-0.15, -0.1) is 5.10 Å². The van der Waals surface area contributed by atoms with Gasteiger partial charge in [-0.25, -0.2) is 4.98 Å². The van der Waals surface area contributed by atoms with Crippen LogP contribution in [-0.4, -0.2) is 24.5 Å². The Labute approximate surface area is 280 Å². The van der Waals surface area contributed by atoms with Gasteiger partial charge in [0.1, 0.15) is 23.0 Å². The fourth-order valence-corrected chi connectivity index (χ4v) is 10.1. The molecule has 48 heavy (non-hydrogen) atoms. The number of para-hydroxylation sites is 1. The highest BCUT2D eigenvalue weighted by atomic mass is 16.5. The summed E-state index contributed by atoms with van der Waals surface area (Å²) in [6.45, 7) is 0. The van der Waals surface area contributed by atoms with Gasteiger partial charge in [-0.3, -0.25) is 9.25 Å². The van der Waals surface area contributed by atoms with Gasteiger partial charge in [-0.1, -0.05) is 65.9 Å². The van der Waals surface area contributed by atoms with Crippen LogP contribution in [0.4, 0.5) is 0 Å². The summed E-state index contributed by atoms with van der Waals surface area (Å²) in [5, 5.41) is 10.8. The Morgan fingerprint density at radius 3 is 2.21 bits per heavy atom. The summed E-state index contributed by atoms with van der Waals surface area (Å²) in [6, 6.07) is 39.3. The molecule has 0 spiro atoms. The van der Waals surface area contributed by atoms with Gasteiger partial charge in [-0.05, 0) is 109 Å². The van der Waals surface area contributed by atoms with Crippen LogP contribution >= 0.6 is 0 Å². The summed E-state index contributed by atoms with van der Waals surface area (Å²) in [4.78, 5) is 5.09. The lowest BCUT2D eigenvalue weighted by Gasteiger charge is -2.62. The van der Waals surface area contributed by atoms with Gasteiger partial charge in [0, 0.05) is 41.1 Å². The van der Waals surface area contributed by atoms with Crippen LogP contribution in [0.15, 0.2) is 122 Å². The van der Waals surface area contributed by atoms with Crippen molar-refractivity contribution in [1.82, 2.24) is 24.5 Å². The first-order chi connectivity index (χ1) is 23.6. The van der Waals surface area contributed by atoms with Crippen molar-refractivity contribution >= 4 is 21.8 Å². The molecule has 0 N–H and O–H groups in total. The minimum Gasteiger partial charge on any atom is -0.457 e. The number of hydrogen-bond acceptors (Lipinski definition) is 4. The third-order valence-corrected chi connectivity index (χ3v) is 11.7. The number of nitrogens with zero attached hydrogens (tertiary/aromatic N) is 5. The van der Waals surface area contributed by atoms with Crippen LogP contribution in [0.5, 0.6) is 11.5 Å². The Kier molecular flexibility index (Phi) is 6.17. The van der Waals surface area contributed by atoms with Crippen LogP contribution < -0.4 is 4.74 Å². The third kappa shape index (κ3) is 4.21. The molecule has 4 aliphatic carbocycles. The van der Waals surface area contributed by atoms with E-state index < -0.39 is 0 Å². The lowest BCUT2D eigenvalue weighted by atomic mass is 9.42. The molecule has 11 rings (SSSR count). The van der Waals surface area contributed by atoms with Gasteiger partial charge in [-0.2, -0.15) is 0 Å². The van der Waals surface area contributed by atoms with Crippen LogP contribution in [0.25, 0.3) is 38.9 Å². The quantitative estimate of drug-likeness (QED) is 0.184. The van der Waals surface area contributed by atoms with Crippen molar-refractivity contribution in [1.29, 1.82) is 0 Å².